The molecule has 10 heteroatoms. The van der Waals surface area contributed by atoms with Gasteiger partial charge in [-0.3, -0.25) is 4.68 Å². The van der Waals surface area contributed by atoms with Crippen LogP contribution in [0.15, 0.2) is 60.8 Å². The van der Waals surface area contributed by atoms with Crippen molar-refractivity contribution in [3.63, 3.8) is 0 Å². The maximum atomic E-state index is 12.5. The molecule has 1 fully saturated rings. The molecular formula is C25H25F3N6O. The highest BCUT2D eigenvalue weighted by Gasteiger charge is 2.31. The number of halogens is 3. The third-order valence-electron chi connectivity index (χ3n) is 6.25. The summed E-state index contributed by atoms with van der Waals surface area (Å²) in [5.41, 5.74) is 2.46. The van der Waals surface area contributed by atoms with E-state index in [1.807, 2.05) is 25.2 Å². The number of benzene rings is 2. The van der Waals surface area contributed by atoms with Crippen LogP contribution in [0.1, 0.15) is 18.4 Å². The Kier molecular flexibility index (Phi) is 6.29. The van der Waals surface area contributed by atoms with Gasteiger partial charge in [0.1, 0.15) is 11.4 Å². The zero-order chi connectivity index (χ0) is 24.4. The molecule has 0 radical (unpaired) electrons. The van der Waals surface area contributed by atoms with Crippen molar-refractivity contribution < 1.29 is 17.9 Å². The van der Waals surface area contributed by atoms with Crippen LogP contribution in [0.2, 0.25) is 0 Å². The zero-order valence-corrected chi connectivity index (χ0v) is 19.2. The van der Waals surface area contributed by atoms with Crippen molar-refractivity contribution in [3.05, 3.63) is 66.4 Å². The number of anilines is 1. The maximum absolute atomic E-state index is 12.5. The van der Waals surface area contributed by atoms with E-state index in [0.29, 0.717) is 6.54 Å². The van der Waals surface area contributed by atoms with Gasteiger partial charge in [0.2, 0.25) is 0 Å². The van der Waals surface area contributed by atoms with E-state index in [0.717, 1.165) is 59.5 Å². The molecule has 0 aliphatic carbocycles. The van der Waals surface area contributed by atoms with Crippen molar-refractivity contribution >= 4 is 16.6 Å². The van der Waals surface area contributed by atoms with Gasteiger partial charge >= 0.3 is 6.36 Å². The first-order chi connectivity index (χ1) is 16.9. The zero-order valence-electron chi connectivity index (χ0n) is 19.2. The SMILES string of the molecule is Cn1nccc1-c1nnc(N2CCC(NCc3cccc(OC(F)(F)F)c3)CC2)c2ccccc12. The standard InChI is InChI=1S/C25H25F3N6O/c1-33-22(9-12-30-33)23-20-7-2-3-8-21(20)24(32-31-23)34-13-10-18(11-14-34)29-16-17-5-4-6-19(15-17)35-25(26,27)28/h2-9,12,15,18,29H,10-11,13-14,16H2,1H3. The number of ether oxygens (including phenoxy) is 1. The first kappa shape index (κ1) is 23.1. The summed E-state index contributed by atoms with van der Waals surface area (Å²) in [6, 6.07) is 16.4. The van der Waals surface area contributed by atoms with Crippen LogP contribution in [0.3, 0.4) is 0 Å². The Morgan fingerprint density at radius 1 is 1.00 bits per heavy atom. The molecule has 0 spiro atoms. The summed E-state index contributed by atoms with van der Waals surface area (Å²) in [6.45, 7) is 2.08. The molecule has 0 amide bonds. The van der Waals surface area contributed by atoms with E-state index in [1.165, 1.54) is 12.1 Å². The predicted octanol–water partition coefficient (Wildman–Crippen LogP) is 4.69. The highest BCUT2D eigenvalue weighted by atomic mass is 19.4. The predicted molar refractivity (Wildman–Crippen MR) is 127 cm³/mol. The highest BCUT2D eigenvalue weighted by molar-refractivity contribution is 5.99. The Morgan fingerprint density at radius 3 is 2.49 bits per heavy atom. The van der Waals surface area contributed by atoms with Gasteiger partial charge in [-0.15, -0.1) is 23.4 Å². The highest BCUT2D eigenvalue weighted by Crippen LogP contribution is 2.32. The molecule has 2 aromatic heterocycles. The van der Waals surface area contributed by atoms with Gasteiger partial charge in [-0.1, -0.05) is 36.4 Å². The first-order valence-corrected chi connectivity index (χ1v) is 11.4. The lowest BCUT2D eigenvalue weighted by atomic mass is 10.0. The van der Waals surface area contributed by atoms with Crippen LogP contribution in [0.25, 0.3) is 22.2 Å². The molecule has 0 saturated carbocycles. The molecule has 5 rings (SSSR count). The largest absolute Gasteiger partial charge is 0.573 e. The van der Waals surface area contributed by atoms with Crippen molar-refractivity contribution in [1.82, 2.24) is 25.3 Å². The molecule has 3 heterocycles. The van der Waals surface area contributed by atoms with Crippen LogP contribution in [-0.2, 0) is 13.6 Å². The van der Waals surface area contributed by atoms with E-state index in [9.17, 15) is 13.2 Å². The topological polar surface area (TPSA) is 68.1 Å². The number of hydrogen-bond acceptors (Lipinski definition) is 6. The van der Waals surface area contributed by atoms with Crippen LogP contribution in [0.4, 0.5) is 19.0 Å². The van der Waals surface area contributed by atoms with Crippen molar-refractivity contribution in [1.29, 1.82) is 0 Å². The van der Waals surface area contributed by atoms with Crippen molar-refractivity contribution in [2.45, 2.75) is 31.8 Å². The third-order valence-corrected chi connectivity index (χ3v) is 6.25. The number of nitrogens with zero attached hydrogens (tertiary/aromatic N) is 5. The smallest absolute Gasteiger partial charge is 0.406 e. The van der Waals surface area contributed by atoms with Crippen LogP contribution in [-0.4, -0.2) is 45.5 Å². The lowest BCUT2D eigenvalue weighted by molar-refractivity contribution is -0.274. The van der Waals surface area contributed by atoms with Crippen LogP contribution >= 0.6 is 0 Å². The van der Waals surface area contributed by atoms with Gasteiger partial charge in [0.15, 0.2) is 5.82 Å². The van der Waals surface area contributed by atoms with Crippen molar-refractivity contribution in [3.8, 4) is 17.1 Å². The van der Waals surface area contributed by atoms with Gasteiger partial charge in [-0.25, -0.2) is 0 Å². The Morgan fingerprint density at radius 2 is 1.77 bits per heavy atom. The number of aryl methyl sites for hydroxylation is 1. The average Bonchev–Trinajstić information content (AvgIpc) is 3.27. The van der Waals surface area contributed by atoms with Crippen molar-refractivity contribution in [2.24, 2.45) is 7.05 Å². The molecule has 0 bridgehead atoms. The van der Waals surface area contributed by atoms with E-state index in [1.54, 1.807) is 23.0 Å². The Balaban J connectivity index is 1.25. The number of nitrogens with one attached hydrogen (secondary N) is 1. The number of alkyl halides is 3. The minimum Gasteiger partial charge on any atom is -0.406 e. The number of piperidine rings is 1. The summed E-state index contributed by atoms with van der Waals surface area (Å²) in [5, 5.41) is 18.9. The summed E-state index contributed by atoms with van der Waals surface area (Å²) < 4.78 is 43.2. The Hall–Kier alpha value is -3.66. The fraction of sp³-hybridized carbons (Fsp3) is 0.320. The van der Waals surface area contributed by atoms with Gasteiger partial charge in [-0.05, 0) is 36.6 Å². The maximum Gasteiger partial charge on any atom is 0.573 e. The third kappa shape index (κ3) is 5.22. The summed E-state index contributed by atoms with van der Waals surface area (Å²) in [7, 11) is 1.89. The second-order valence-corrected chi connectivity index (χ2v) is 8.60. The van der Waals surface area contributed by atoms with Gasteiger partial charge < -0.3 is 15.0 Å². The molecule has 2 aromatic carbocycles. The molecule has 7 nitrogen and oxygen atoms in total. The minimum atomic E-state index is -4.69. The molecule has 0 atom stereocenters. The van der Waals surface area contributed by atoms with E-state index in [4.69, 9.17) is 0 Å². The molecule has 1 aliphatic heterocycles. The summed E-state index contributed by atoms with van der Waals surface area (Å²) in [6.07, 6.45) is -1.17. The number of rotatable bonds is 6. The number of fused-ring (bicyclic) bond motifs is 1. The van der Waals surface area contributed by atoms with Crippen LogP contribution < -0.4 is 15.0 Å². The van der Waals surface area contributed by atoms with E-state index < -0.39 is 6.36 Å². The summed E-state index contributed by atoms with van der Waals surface area (Å²) >= 11 is 0. The summed E-state index contributed by atoms with van der Waals surface area (Å²) in [5.74, 6) is 0.661. The lowest BCUT2D eigenvalue weighted by Gasteiger charge is -2.33. The molecule has 182 valence electrons. The second kappa shape index (κ2) is 9.53. The molecule has 4 aromatic rings. The monoisotopic (exact) mass is 482 g/mol. The van der Waals surface area contributed by atoms with Gasteiger partial charge in [0, 0.05) is 49.7 Å². The van der Waals surface area contributed by atoms with Crippen LogP contribution in [0, 0.1) is 0 Å². The quantitative estimate of drug-likeness (QED) is 0.430. The molecular weight excluding hydrogens is 457 g/mol. The van der Waals surface area contributed by atoms with Gasteiger partial charge in [0.05, 0.1) is 5.69 Å². The molecule has 35 heavy (non-hydrogen) atoms. The van der Waals surface area contributed by atoms with Gasteiger partial charge in [0.25, 0.3) is 0 Å². The fourth-order valence-corrected chi connectivity index (χ4v) is 4.53. The van der Waals surface area contributed by atoms with Crippen molar-refractivity contribution in [2.75, 3.05) is 18.0 Å². The van der Waals surface area contributed by atoms with E-state index in [2.05, 4.69) is 42.4 Å². The lowest BCUT2D eigenvalue weighted by Crippen LogP contribution is -2.42. The molecule has 1 aliphatic rings. The van der Waals surface area contributed by atoms with Gasteiger partial charge in [-0.2, -0.15) is 5.10 Å². The second-order valence-electron chi connectivity index (χ2n) is 8.60. The Labute approximate surface area is 200 Å². The number of aromatic nitrogens is 4. The molecule has 1 N–H and O–H groups in total. The summed E-state index contributed by atoms with van der Waals surface area (Å²) in [4.78, 5) is 2.25. The first-order valence-electron chi connectivity index (χ1n) is 11.4. The van der Waals surface area contributed by atoms with E-state index in [-0.39, 0.29) is 11.8 Å². The van der Waals surface area contributed by atoms with Crippen LogP contribution in [0.5, 0.6) is 5.75 Å². The normalized spacial score (nSPS) is 15.0. The fourth-order valence-electron chi connectivity index (χ4n) is 4.53. The minimum absolute atomic E-state index is 0.202. The molecule has 0 unspecified atom stereocenters. The molecule has 1 saturated heterocycles. The Bertz CT molecular complexity index is 1310. The average molecular weight is 483 g/mol. The number of hydrogen-bond donors (Lipinski definition) is 1. The van der Waals surface area contributed by atoms with E-state index >= 15 is 0 Å².